The highest BCUT2D eigenvalue weighted by atomic mass is 14.3. The van der Waals surface area contributed by atoms with Crippen LogP contribution in [0.5, 0.6) is 0 Å². The van der Waals surface area contributed by atoms with Gasteiger partial charge in [-0.3, -0.25) is 0 Å². The summed E-state index contributed by atoms with van der Waals surface area (Å²) in [4.78, 5) is 0. The zero-order valence-corrected chi connectivity index (χ0v) is 10.4. The van der Waals surface area contributed by atoms with E-state index in [0.717, 1.165) is 5.92 Å². The van der Waals surface area contributed by atoms with Gasteiger partial charge in [0.05, 0.1) is 0 Å². The lowest BCUT2D eigenvalue weighted by atomic mass is 9.78. The van der Waals surface area contributed by atoms with Gasteiger partial charge in [0.15, 0.2) is 0 Å². The number of rotatable bonds is 2. The molecule has 0 aromatic heterocycles. The Morgan fingerprint density at radius 3 is 2.13 bits per heavy atom. The van der Waals surface area contributed by atoms with Crippen LogP contribution in [-0.2, 0) is 0 Å². The van der Waals surface area contributed by atoms with Gasteiger partial charge in [0, 0.05) is 0 Å². The SMILES string of the molecule is CCC(=C1CCCCC1)C1CCCCC1. The van der Waals surface area contributed by atoms with Gasteiger partial charge in [0.2, 0.25) is 0 Å². The van der Waals surface area contributed by atoms with Crippen molar-refractivity contribution in [3.63, 3.8) is 0 Å². The third-order valence-electron chi connectivity index (χ3n) is 4.39. The predicted molar refractivity (Wildman–Crippen MR) is 67.0 cm³/mol. The molecule has 0 aromatic rings. The Balaban J connectivity index is 2.05. The second-order valence-electron chi connectivity index (χ2n) is 5.38. The average molecular weight is 206 g/mol. The first-order chi connectivity index (χ1) is 7.42. The van der Waals surface area contributed by atoms with Crippen LogP contribution in [0.3, 0.4) is 0 Å². The molecule has 2 aliphatic carbocycles. The molecule has 0 amide bonds. The fraction of sp³-hybridized carbons (Fsp3) is 0.867. The van der Waals surface area contributed by atoms with E-state index < -0.39 is 0 Å². The smallest absolute Gasteiger partial charge is 0.0201 e. The maximum Gasteiger partial charge on any atom is -0.0201 e. The van der Waals surface area contributed by atoms with Gasteiger partial charge in [-0.2, -0.15) is 0 Å². The lowest BCUT2D eigenvalue weighted by Crippen LogP contribution is -2.12. The first kappa shape index (κ1) is 11.2. The summed E-state index contributed by atoms with van der Waals surface area (Å²) in [6.07, 6.45) is 16.0. The summed E-state index contributed by atoms with van der Waals surface area (Å²) < 4.78 is 0. The van der Waals surface area contributed by atoms with E-state index in [0.29, 0.717) is 0 Å². The molecule has 0 aliphatic heterocycles. The van der Waals surface area contributed by atoms with Crippen molar-refractivity contribution < 1.29 is 0 Å². The molecule has 2 rings (SSSR count). The summed E-state index contributed by atoms with van der Waals surface area (Å²) in [5.74, 6) is 0.983. The molecule has 15 heavy (non-hydrogen) atoms. The van der Waals surface area contributed by atoms with E-state index in [1.54, 1.807) is 0 Å². The lowest BCUT2D eigenvalue weighted by molar-refractivity contribution is 0.389. The molecular weight excluding hydrogens is 180 g/mol. The zero-order chi connectivity index (χ0) is 10.5. The predicted octanol–water partition coefficient (Wildman–Crippen LogP) is 5.24. The molecule has 0 heterocycles. The molecule has 0 heteroatoms. The highest BCUT2D eigenvalue weighted by Crippen LogP contribution is 2.37. The Kier molecular flexibility index (Phi) is 4.29. The molecule has 0 saturated heterocycles. The van der Waals surface area contributed by atoms with Gasteiger partial charge in [-0.1, -0.05) is 43.8 Å². The second-order valence-corrected chi connectivity index (χ2v) is 5.38. The van der Waals surface area contributed by atoms with Gasteiger partial charge >= 0.3 is 0 Å². The third-order valence-corrected chi connectivity index (χ3v) is 4.39. The summed E-state index contributed by atoms with van der Waals surface area (Å²) in [7, 11) is 0. The van der Waals surface area contributed by atoms with E-state index in [9.17, 15) is 0 Å². The number of hydrogen-bond donors (Lipinski definition) is 0. The summed E-state index contributed by atoms with van der Waals surface area (Å²) in [5.41, 5.74) is 3.75. The minimum atomic E-state index is 0.983. The topological polar surface area (TPSA) is 0 Å². The van der Waals surface area contributed by atoms with E-state index in [2.05, 4.69) is 6.92 Å². The third kappa shape index (κ3) is 2.86. The zero-order valence-electron chi connectivity index (χ0n) is 10.4. The van der Waals surface area contributed by atoms with Crippen LogP contribution in [0.15, 0.2) is 11.1 Å². The monoisotopic (exact) mass is 206 g/mol. The largest absolute Gasteiger partial charge is 0.0707 e. The van der Waals surface area contributed by atoms with E-state index >= 15 is 0 Å². The van der Waals surface area contributed by atoms with Crippen LogP contribution in [0.1, 0.15) is 77.6 Å². The molecule has 86 valence electrons. The van der Waals surface area contributed by atoms with E-state index in [1.807, 2.05) is 11.1 Å². The van der Waals surface area contributed by atoms with E-state index in [4.69, 9.17) is 0 Å². The Morgan fingerprint density at radius 1 is 0.933 bits per heavy atom. The minimum absolute atomic E-state index is 0.983. The summed E-state index contributed by atoms with van der Waals surface area (Å²) in [6, 6.07) is 0. The molecule has 2 saturated carbocycles. The molecule has 0 radical (unpaired) electrons. The van der Waals surface area contributed by atoms with Crippen LogP contribution in [0, 0.1) is 5.92 Å². The van der Waals surface area contributed by atoms with Crippen molar-refractivity contribution in [1.29, 1.82) is 0 Å². The molecule has 0 aromatic carbocycles. The standard InChI is InChI=1S/C15H26/c1-2-15(13-9-5-3-6-10-13)14-11-7-4-8-12-14/h13H,2-12H2,1H3. The fourth-order valence-corrected chi connectivity index (χ4v) is 3.58. The minimum Gasteiger partial charge on any atom is -0.0707 e. The summed E-state index contributed by atoms with van der Waals surface area (Å²) in [5, 5.41) is 0. The molecule has 2 fully saturated rings. The van der Waals surface area contributed by atoms with Crippen LogP contribution in [0.4, 0.5) is 0 Å². The average Bonchev–Trinajstić information content (AvgIpc) is 2.33. The first-order valence-corrected chi connectivity index (χ1v) is 7.12. The lowest BCUT2D eigenvalue weighted by Gasteiger charge is -2.28. The normalized spacial score (nSPS) is 24.2. The van der Waals surface area contributed by atoms with Crippen LogP contribution in [0.25, 0.3) is 0 Å². The van der Waals surface area contributed by atoms with Crippen molar-refractivity contribution in [2.75, 3.05) is 0 Å². The molecule has 0 nitrogen and oxygen atoms in total. The van der Waals surface area contributed by atoms with E-state index in [-0.39, 0.29) is 0 Å². The van der Waals surface area contributed by atoms with Crippen molar-refractivity contribution in [2.45, 2.75) is 77.6 Å². The Hall–Kier alpha value is -0.260. The van der Waals surface area contributed by atoms with Gasteiger partial charge in [0.1, 0.15) is 0 Å². The summed E-state index contributed by atoms with van der Waals surface area (Å²) >= 11 is 0. The van der Waals surface area contributed by atoms with Gasteiger partial charge in [-0.05, 0) is 50.9 Å². The van der Waals surface area contributed by atoms with Gasteiger partial charge in [-0.15, -0.1) is 0 Å². The first-order valence-electron chi connectivity index (χ1n) is 7.12. The van der Waals surface area contributed by atoms with Crippen LogP contribution in [-0.4, -0.2) is 0 Å². The van der Waals surface area contributed by atoms with Crippen molar-refractivity contribution in [2.24, 2.45) is 5.92 Å². The number of hydrogen-bond acceptors (Lipinski definition) is 0. The maximum atomic E-state index is 2.38. The fourth-order valence-electron chi connectivity index (χ4n) is 3.58. The Morgan fingerprint density at radius 2 is 1.53 bits per heavy atom. The van der Waals surface area contributed by atoms with E-state index in [1.165, 1.54) is 70.6 Å². The molecule has 2 aliphatic rings. The summed E-state index contributed by atoms with van der Waals surface area (Å²) in [6.45, 7) is 2.38. The van der Waals surface area contributed by atoms with Crippen molar-refractivity contribution in [1.82, 2.24) is 0 Å². The van der Waals surface area contributed by atoms with Crippen LogP contribution < -0.4 is 0 Å². The van der Waals surface area contributed by atoms with Gasteiger partial charge in [0.25, 0.3) is 0 Å². The van der Waals surface area contributed by atoms with Crippen LogP contribution in [0.2, 0.25) is 0 Å². The highest BCUT2D eigenvalue weighted by molar-refractivity contribution is 5.18. The number of allylic oxidation sites excluding steroid dienone is 2. The Labute approximate surface area is 95.1 Å². The quantitative estimate of drug-likeness (QED) is 0.542. The molecule has 0 spiro atoms. The van der Waals surface area contributed by atoms with Crippen molar-refractivity contribution >= 4 is 0 Å². The maximum absolute atomic E-state index is 2.38. The van der Waals surface area contributed by atoms with Crippen LogP contribution >= 0.6 is 0 Å². The van der Waals surface area contributed by atoms with Gasteiger partial charge < -0.3 is 0 Å². The molecule has 0 unspecified atom stereocenters. The highest BCUT2D eigenvalue weighted by Gasteiger charge is 2.20. The molecule has 0 bridgehead atoms. The van der Waals surface area contributed by atoms with Gasteiger partial charge in [-0.25, -0.2) is 0 Å². The molecular formula is C15H26. The second kappa shape index (κ2) is 5.72. The Bertz CT molecular complexity index is 210. The van der Waals surface area contributed by atoms with Crippen molar-refractivity contribution in [3.8, 4) is 0 Å². The van der Waals surface area contributed by atoms with Crippen molar-refractivity contribution in [3.05, 3.63) is 11.1 Å². The molecule has 0 atom stereocenters. The molecule has 0 N–H and O–H groups in total.